The van der Waals surface area contributed by atoms with Crippen LogP contribution < -0.4 is 5.32 Å². The van der Waals surface area contributed by atoms with Crippen LogP contribution in [0.25, 0.3) is 11.1 Å². The number of carboxylic acid groups (broad SMARTS) is 1. The van der Waals surface area contributed by atoms with E-state index in [1.165, 1.54) is 0 Å². The van der Waals surface area contributed by atoms with E-state index in [9.17, 15) is 4.79 Å². The summed E-state index contributed by atoms with van der Waals surface area (Å²) in [6.07, 6.45) is 0.741. The molecule has 0 unspecified atom stereocenters. The molecule has 0 atom stereocenters. The highest BCUT2D eigenvalue weighted by atomic mass is 16.4. The van der Waals surface area contributed by atoms with E-state index in [1.807, 2.05) is 44.2 Å². The lowest BCUT2D eigenvalue weighted by Gasteiger charge is -2.04. The maximum atomic E-state index is 10.9. The van der Waals surface area contributed by atoms with Crippen LogP contribution >= 0.6 is 0 Å². The predicted octanol–water partition coefficient (Wildman–Crippen LogP) is 4.07. The average molecular weight is 310 g/mol. The summed E-state index contributed by atoms with van der Waals surface area (Å²) in [5, 5.41) is 12.2. The molecule has 0 fully saturated rings. The van der Waals surface area contributed by atoms with Gasteiger partial charge in [-0.2, -0.15) is 4.98 Å². The Hall–Kier alpha value is -2.82. The lowest BCUT2D eigenvalue weighted by Crippen LogP contribution is -2.00. The van der Waals surface area contributed by atoms with Crippen molar-refractivity contribution in [3.05, 3.63) is 53.1 Å². The van der Waals surface area contributed by atoms with Gasteiger partial charge in [0.1, 0.15) is 5.52 Å². The third kappa shape index (κ3) is 3.18. The Morgan fingerprint density at radius 2 is 2.09 bits per heavy atom. The van der Waals surface area contributed by atoms with Gasteiger partial charge in [0.2, 0.25) is 0 Å². The topological polar surface area (TPSA) is 75.4 Å². The Labute approximate surface area is 134 Å². The number of fused-ring (bicyclic) bond motifs is 1. The summed E-state index contributed by atoms with van der Waals surface area (Å²) in [6.45, 7) is 4.02. The van der Waals surface area contributed by atoms with Crippen LogP contribution in [-0.2, 0) is 17.6 Å². The third-order valence-corrected chi connectivity index (χ3v) is 3.76. The summed E-state index contributed by atoms with van der Waals surface area (Å²) in [5.41, 5.74) is 5.12. The smallest absolute Gasteiger partial charge is 0.307 e. The molecule has 1 aromatic heterocycles. The van der Waals surface area contributed by atoms with Crippen molar-refractivity contribution in [3.63, 3.8) is 0 Å². The molecule has 3 rings (SSSR count). The van der Waals surface area contributed by atoms with Crippen LogP contribution in [0.5, 0.6) is 0 Å². The number of anilines is 2. The van der Waals surface area contributed by atoms with Gasteiger partial charge in [0.15, 0.2) is 5.58 Å². The third-order valence-electron chi connectivity index (χ3n) is 3.76. The fraction of sp³-hybridized carbons (Fsp3) is 0.222. The largest absolute Gasteiger partial charge is 0.481 e. The van der Waals surface area contributed by atoms with Crippen LogP contribution in [0.2, 0.25) is 0 Å². The van der Waals surface area contributed by atoms with Crippen molar-refractivity contribution >= 4 is 28.8 Å². The van der Waals surface area contributed by atoms with Crippen LogP contribution in [0, 0.1) is 6.92 Å². The van der Waals surface area contributed by atoms with Gasteiger partial charge < -0.3 is 14.8 Å². The van der Waals surface area contributed by atoms with Crippen molar-refractivity contribution in [1.82, 2.24) is 4.98 Å². The van der Waals surface area contributed by atoms with Gasteiger partial charge >= 0.3 is 5.97 Å². The molecule has 0 radical (unpaired) electrons. The molecule has 23 heavy (non-hydrogen) atoms. The van der Waals surface area contributed by atoms with Gasteiger partial charge in [-0.15, -0.1) is 0 Å². The Morgan fingerprint density at radius 3 is 2.78 bits per heavy atom. The molecule has 0 amide bonds. The Kier molecular flexibility index (Phi) is 4.02. The summed E-state index contributed by atoms with van der Waals surface area (Å²) in [7, 11) is 0. The first-order valence-electron chi connectivity index (χ1n) is 7.53. The van der Waals surface area contributed by atoms with Gasteiger partial charge in [0, 0.05) is 5.69 Å². The molecule has 0 spiro atoms. The average Bonchev–Trinajstić information content (AvgIpc) is 2.90. The summed E-state index contributed by atoms with van der Waals surface area (Å²) in [6, 6.07) is 11.9. The molecule has 0 aliphatic rings. The van der Waals surface area contributed by atoms with Gasteiger partial charge in [-0.25, -0.2) is 0 Å². The lowest BCUT2D eigenvalue weighted by molar-refractivity contribution is -0.136. The number of hydrogen-bond acceptors (Lipinski definition) is 4. The van der Waals surface area contributed by atoms with Crippen molar-refractivity contribution in [1.29, 1.82) is 0 Å². The van der Waals surface area contributed by atoms with Gasteiger partial charge in [-0.3, -0.25) is 4.79 Å². The number of carbonyl (C=O) groups is 1. The van der Waals surface area contributed by atoms with Gasteiger partial charge in [0.25, 0.3) is 6.01 Å². The van der Waals surface area contributed by atoms with Gasteiger partial charge in [-0.1, -0.05) is 31.2 Å². The standard InChI is InChI=1S/C18H18N2O3/c1-3-13-8-12(10-16(21)22)9-15-17(13)20-18(23-15)19-14-7-5-4-6-11(14)2/h4-9H,3,10H2,1-2H3,(H,19,20)(H,21,22). The maximum Gasteiger partial charge on any atom is 0.307 e. The van der Waals surface area contributed by atoms with E-state index < -0.39 is 5.97 Å². The zero-order chi connectivity index (χ0) is 16.4. The van der Waals surface area contributed by atoms with Crippen molar-refractivity contribution in [2.75, 3.05) is 5.32 Å². The summed E-state index contributed by atoms with van der Waals surface area (Å²) in [4.78, 5) is 15.4. The summed E-state index contributed by atoms with van der Waals surface area (Å²) >= 11 is 0. The highest BCUT2D eigenvalue weighted by Gasteiger charge is 2.13. The minimum atomic E-state index is -0.857. The molecular weight excluding hydrogens is 292 g/mol. The molecular formula is C18H18N2O3. The quantitative estimate of drug-likeness (QED) is 0.743. The second-order valence-corrected chi connectivity index (χ2v) is 5.48. The first-order chi connectivity index (χ1) is 11.1. The number of carboxylic acids is 1. The predicted molar refractivity (Wildman–Crippen MR) is 89.2 cm³/mol. The van der Waals surface area contributed by atoms with Crippen molar-refractivity contribution in [2.24, 2.45) is 0 Å². The van der Waals surface area contributed by atoms with Gasteiger partial charge in [-0.05, 0) is 42.2 Å². The molecule has 2 N–H and O–H groups in total. The molecule has 0 aliphatic heterocycles. The van der Waals surface area contributed by atoms with Crippen LogP contribution in [0.3, 0.4) is 0 Å². The summed E-state index contributed by atoms with van der Waals surface area (Å²) < 4.78 is 5.78. The molecule has 0 saturated heterocycles. The number of hydrogen-bond donors (Lipinski definition) is 2. The highest BCUT2D eigenvalue weighted by Crippen LogP contribution is 2.27. The lowest BCUT2D eigenvalue weighted by atomic mass is 10.0. The monoisotopic (exact) mass is 310 g/mol. The van der Waals surface area contributed by atoms with E-state index in [4.69, 9.17) is 9.52 Å². The number of nitrogens with zero attached hydrogens (tertiary/aromatic N) is 1. The maximum absolute atomic E-state index is 10.9. The minimum Gasteiger partial charge on any atom is -0.481 e. The number of aliphatic carboxylic acids is 1. The number of rotatable bonds is 5. The fourth-order valence-corrected chi connectivity index (χ4v) is 2.59. The second kappa shape index (κ2) is 6.12. The SMILES string of the molecule is CCc1cc(CC(=O)O)cc2oc(Nc3ccccc3C)nc12. The molecule has 118 valence electrons. The van der Waals surface area contributed by atoms with Crippen LogP contribution in [0.4, 0.5) is 11.7 Å². The number of oxazole rings is 1. The van der Waals surface area contributed by atoms with Crippen molar-refractivity contribution in [3.8, 4) is 0 Å². The molecule has 5 heteroatoms. The Bertz CT molecular complexity index is 868. The van der Waals surface area contributed by atoms with E-state index in [0.717, 1.165) is 34.3 Å². The van der Waals surface area contributed by atoms with Gasteiger partial charge in [0.05, 0.1) is 6.42 Å². The van der Waals surface area contributed by atoms with Crippen molar-refractivity contribution in [2.45, 2.75) is 26.7 Å². The molecule has 2 aromatic carbocycles. The van der Waals surface area contributed by atoms with E-state index in [-0.39, 0.29) is 6.42 Å². The fourth-order valence-electron chi connectivity index (χ4n) is 2.59. The van der Waals surface area contributed by atoms with Crippen LogP contribution in [-0.4, -0.2) is 16.1 Å². The number of para-hydroxylation sites is 1. The van der Waals surface area contributed by atoms with Crippen molar-refractivity contribution < 1.29 is 14.3 Å². The van der Waals surface area contributed by atoms with E-state index in [2.05, 4.69) is 10.3 Å². The van der Waals surface area contributed by atoms with E-state index in [0.29, 0.717) is 11.6 Å². The molecule has 5 nitrogen and oxygen atoms in total. The van der Waals surface area contributed by atoms with E-state index in [1.54, 1.807) is 6.07 Å². The highest BCUT2D eigenvalue weighted by molar-refractivity contribution is 5.81. The number of nitrogens with one attached hydrogen (secondary N) is 1. The first kappa shape index (κ1) is 15.1. The molecule has 0 aliphatic carbocycles. The van der Waals surface area contributed by atoms with E-state index >= 15 is 0 Å². The zero-order valence-corrected chi connectivity index (χ0v) is 13.1. The molecule has 0 saturated carbocycles. The molecule has 0 bridgehead atoms. The summed E-state index contributed by atoms with van der Waals surface area (Å²) in [5.74, 6) is -0.857. The normalized spacial score (nSPS) is 10.9. The molecule has 1 heterocycles. The molecule has 3 aromatic rings. The minimum absolute atomic E-state index is 0.0236. The number of aryl methyl sites for hydroxylation is 2. The van der Waals surface area contributed by atoms with Crippen LogP contribution in [0.15, 0.2) is 40.8 Å². The zero-order valence-electron chi connectivity index (χ0n) is 13.1. The number of aromatic nitrogens is 1. The number of benzene rings is 2. The Morgan fingerprint density at radius 1 is 1.30 bits per heavy atom. The second-order valence-electron chi connectivity index (χ2n) is 5.48. The first-order valence-corrected chi connectivity index (χ1v) is 7.53. The Balaban J connectivity index is 2.00. The van der Waals surface area contributed by atoms with Crippen LogP contribution in [0.1, 0.15) is 23.6 Å².